The van der Waals surface area contributed by atoms with Gasteiger partial charge in [0, 0.05) is 43.9 Å². The van der Waals surface area contributed by atoms with E-state index in [1.165, 1.54) is 0 Å². The minimum Gasteiger partial charge on any atom is -0.465 e. The minimum absolute atomic E-state index is 0.144. The van der Waals surface area contributed by atoms with Gasteiger partial charge in [0.05, 0.1) is 6.61 Å². The molecule has 7 nitrogen and oxygen atoms in total. The van der Waals surface area contributed by atoms with E-state index in [1.54, 1.807) is 11.8 Å². The van der Waals surface area contributed by atoms with Crippen LogP contribution in [0.3, 0.4) is 0 Å². The number of carbonyl (C=O) groups excluding carboxylic acids is 3. The molecule has 0 aromatic heterocycles. The topological polar surface area (TPSA) is 79.0 Å². The molecule has 148 valence electrons. The zero-order valence-electron chi connectivity index (χ0n) is 16.2. The summed E-state index contributed by atoms with van der Waals surface area (Å²) in [6.07, 6.45) is 2.99. The molecule has 2 rings (SSSR count). The van der Waals surface area contributed by atoms with Gasteiger partial charge in [0.2, 0.25) is 0 Å². The average Bonchev–Trinajstić information content (AvgIpc) is 2.68. The molecule has 0 spiro atoms. The third-order valence-electron chi connectivity index (χ3n) is 4.52. The summed E-state index contributed by atoms with van der Waals surface area (Å²) >= 11 is 0. The number of ether oxygens (including phenoxy) is 1. The van der Waals surface area contributed by atoms with Crippen molar-refractivity contribution >= 4 is 29.2 Å². The van der Waals surface area contributed by atoms with Gasteiger partial charge in [-0.25, -0.2) is 4.79 Å². The van der Waals surface area contributed by atoms with Crippen LogP contribution >= 0.6 is 0 Å². The second-order valence-corrected chi connectivity index (χ2v) is 6.51. The van der Waals surface area contributed by atoms with Gasteiger partial charge in [0.15, 0.2) is 0 Å². The first-order chi connectivity index (χ1) is 13.0. The molecule has 1 aliphatic heterocycles. The molecule has 1 fully saturated rings. The summed E-state index contributed by atoms with van der Waals surface area (Å²) in [5, 5.41) is 2.62. The summed E-state index contributed by atoms with van der Waals surface area (Å²) in [6, 6.07) is 7.45. The number of nitrogens with one attached hydrogen (secondary N) is 1. The number of amides is 2. The first-order valence-electron chi connectivity index (χ1n) is 9.62. The Kier molecular flexibility index (Phi) is 8.10. The Labute approximate surface area is 160 Å². The predicted molar refractivity (Wildman–Crippen MR) is 105 cm³/mol. The number of rotatable bonds is 8. The molecular formula is C20H29N3O4. The molecule has 0 radical (unpaired) electrons. The van der Waals surface area contributed by atoms with E-state index in [-0.39, 0.29) is 19.2 Å². The molecule has 27 heavy (non-hydrogen) atoms. The number of hydrogen-bond acceptors (Lipinski definition) is 5. The number of urea groups is 1. The van der Waals surface area contributed by atoms with E-state index in [0.29, 0.717) is 25.2 Å². The maximum absolute atomic E-state index is 12.5. The molecule has 0 saturated carbocycles. The molecule has 1 heterocycles. The summed E-state index contributed by atoms with van der Waals surface area (Å²) in [4.78, 5) is 39.2. The van der Waals surface area contributed by atoms with E-state index in [2.05, 4.69) is 17.1 Å². The number of carbonyl (C=O) groups is 3. The zero-order chi connectivity index (χ0) is 19.6. The summed E-state index contributed by atoms with van der Waals surface area (Å²) in [5.41, 5.74) is 1.83. The van der Waals surface area contributed by atoms with E-state index in [0.717, 1.165) is 37.3 Å². The van der Waals surface area contributed by atoms with Gasteiger partial charge in [0.1, 0.15) is 12.3 Å². The SMILES string of the molecule is CCCCN(C(=O)NCC(=O)OCC)c1ccc(N2CCC(=O)CC2)cc1. The molecule has 7 heteroatoms. The molecule has 0 bridgehead atoms. The molecule has 0 atom stereocenters. The number of piperidine rings is 1. The second-order valence-electron chi connectivity index (χ2n) is 6.51. The molecule has 1 saturated heterocycles. The van der Waals surface area contributed by atoms with E-state index in [1.807, 2.05) is 24.3 Å². The van der Waals surface area contributed by atoms with Crippen LogP contribution in [0.15, 0.2) is 24.3 Å². The molecule has 1 aromatic carbocycles. The van der Waals surface area contributed by atoms with Crippen molar-refractivity contribution < 1.29 is 19.1 Å². The van der Waals surface area contributed by atoms with Gasteiger partial charge >= 0.3 is 12.0 Å². The number of benzene rings is 1. The van der Waals surface area contributed by atoms with E-state index in [4.69, 9.17) is 4.74 Å². The monoisotopic (exact) mass is 375 g/mol. The lowest BCUT2D eigenvalue weighted by Gasteiger charge is -2.29. The summed E-state index contributed by atoms with van der Waals surface area (Å²) < 4.78 is 4.85. The lowest BCUT2D eigenvalue weighted by Crippen LogP contribution is -2.43. The lowest BCUT2D eigenvalue weighted by atomic mass is 10.1. The largest absolute Gasteiger partial charge is 0.465 e. The van der Waals surface area contributed by atoms with Gasteiger partial charge in [-0.2, -0.15) is 0 Å². The molecule has 2 amide bonds. The Bertz CT molecular complexity index is 635. The first kappa shape index (κ1) is 20.7. The van der Waals surface area contributed by atoms with Crippen LogP contribution in [0.2, 0.25) is 0 Å². The highest BCUT2D eigenvalue weighted by atomic mass is 16.5. The van der Waals surface area contributed by atoms with E-state index < -0.39 is 5.97 Å². The van der Waals surface area contributed by atoms with Crippen LogP contribution in [-0.2, 0) is 14.3 Å². The molecular weight excluding hydrogens is 346 g/mol. The normalized spacial score (nSPS) is 14.0. The quantitative estimate of drug-likeness (QED) is 0.707. The van der Waals surface area contributed by atoms with Crippen LogP contribution in [0.5, 0.6) is 0 Å². The van der Waals surface area contributed by atoms with Gasteiger partial charge in [-0.05, 0) is 37.6 Å². The fourth-order valence-electron chi connectivity index (χ4n) is 2.98. The third kappa shape index (κ3) is 6.27. The number of Topliss-reactive ketones (excluding diaryl/α,β-unsaturated/α-hetero) is 1. The smallest absolute Gasteiger partial charge is 0.325 e. The maximum Gasteiger partial charge on any atom is 0.325 e. The van der Waals surface area contributed by atoms with Crippen LogP contribution in [0.25, 0.3) is 0 Å². The number of esters is 1. The molecule has 1 aliphatic rings. The number of hydrogen-bond donors (Lipinski definition) is 1. The van der Waals surface area contributed by atoms with Gasteiger partial charge in [-0.1, -0.05) is 13.3 Å². The van der Waals surface area contributed by atoms with Gasteiger partial charge < -0.3 is 15.0 Å². The highest BCUT2D eigenvalue weighted by molar-refractivity contribution is 5.94. The lowest BCUT2D eigenvalue weighted by molar-refractivity contribution is -0.141. The Balaban J connectivity index is 2.03. The Morgan fingerprint density at radius 1 is 1.15 bits per heavy atom. The van der Waals surface area contributed by atoms with Crippen molar-refractivity contribution in [2.45, 2.75) is 39.5 Å². The number of ketones is 1. The Morgan fingerprint density at radius 2 is 1.81 bits per heavy atom. The van der Waals surface area contributed by atoms with Crippen molar-refractivity contribution in [3.63, 3.8) is 0 Å². The maximum atomic E-state index is 12.5. The third-order valence-corrected chi connectivity index (χ3v) is 4.52. The fourth-order valence-corrected chi connectivity index (χ4v) is 2.98. The van der Waals surface area contributed by atoms with E-state index in [9.17, 15) is 14.4 Å². The van der Waals surface area contributed by atoms with E-state index >= 15 is 0 Å². The highest BCUT2D eigenvalue weighted by Gasteiger charge is 2.19. The van der Waals surface area contributed by atoms with Crippen LogP contribution < -0.4 is 15.1 Å². The van der Waals surface area contributed by atoms with Gasteiger partial charge in [-0.15, -0.1) is 0 Å². The van der Waals surface area contributed by atoms with Crippen molar-refractivity contribution in [3.8, 4) is 0 Å². The minimum atomic E-state index is -0.448. The summed E-state index contributed by atoms with van der Waals surface area (Å²) in [7, 11) is 0. The summed E-state index contributed by atoms with van der Waals surface area (Å²) in [6.45, 7) is 5.98. The standard InChI is InChI=1S/C20H29N3O4/c1-3-5-12-23(20(26)21-15-19(25)27-4-2)17-8-6-16(7-9-17)22-13-10-18(24)11-14-22/h6-9H,3-5,10-15H2,1-2H3,(H,21,26). The van der Waals surface area contributed by atoms with Gasteiger partial charge in [0.25, 0.3) is 0 Å². The highest BCUT2D eigenvalue weighted by Crippen LogP contribution is 2.23. The molecule has 0 unspecified atom stereocenters. The first-order valence-corrected chi connectivity index (χ1v) is 9.62. The average molecular weight is 375 g/mol. The Hall–Kier alpha value is -2.57. The fraction of sp³-hybridized carbons (Fsp3) is 0.550. The summed E-state index contributed by atoms with van der Waals surface area (Å²) in [5.74, 6) is -0.136. The Morgan fingerprint density at radius 3 is 2.41 bits per heavy atom. The van der Waals surface area contributed by atoms with Crippen molar-refractivity contribution in [1.29, 1.82) is 0 Å². The zero-order valence-corrected chi connectivity index (χ0v) is 16.2. The number of unbranched alkanes of at least 4 members (excludes halogenated alkanes) is 1. The van der Waals surface area contributed by atoms with Crippen molar-refractivity contribution in [3.05, 3.63) is 24.3 Å². The molecule has 0 aliphatic carbocycles. The van der Waals surface area contributed by atoms with Crippen molar-refractivity contribution in [2.24, 2.45) is 0 Å². The van der Waals surface area contributed by atoms with Crippen LogP contribution in [0.4, 0.5) is 16.2 Å². The van der Waals surface area contributed by atoms with Crippen molar-refractivity contribution in [1.82, 2.24) is 5.32 Å². The van der Waals surface area contributed by atoms with Crippen LogP contribution in [0.1, 0.15) is 39.5 Å². The van der Waals surface area contributed by atoms with Crippen LogP contribution in [-0.4, -0.2) is 50.6 Å². The predicted octanol–water partition coefficient (Wildman–Crippen LogP) is 2.74. The second kappa shape index (κ2) is 10.5. The van der Waals surface area contributed by atoms with Crippen molar-refractivity contribution in [2.75, 3.05) is 42.6 Å². The molecule has 1 N–H and O–H groups in total. The number of nitrogens with zero attached hydrogens (tertiary/aromatic N) is 2. The number of anilines is 2. The van der Waals surface area contributed by atoms with Gasteiger partial charge in [-0.3, -0.25) is 14.5 Å². The molecule has 1 aromatic rings. The van der Waals surface area contributed by atoms with Crippen LogP contribution in [0, 0.1) is 0 Å².